The zero-order valence-corrected chi connectivity index (χ0v) is 9.10. The third kappa shape index (κ3) is 2.53. The van der Waals surface area contributed by atoms with Crippen LogP contribution in [0.1, 0.15) is 30.6 Å². The van der Waals surface area contributed by atoms with Crippen molar-refractivity contribution in [3.05, 3.63) is 24.3 Å². The first-order chi connectivity index (χ1) is 7.49. The van der Waals surface area contributed by atoms with Gasteiger partial charge in [-0.2, -0.15) is 0 Å². The lowest BCUT2D eigenvalue weighted by Crippen LogP contribution is -2.51. The van der Waals surface area contributed by atoms with Gasteiger partial charge in [0, 0.05) is 12.4 Å². The molecule has 1 aromatic heterocycles. The van der Waals surface area contributed by atoms with E-state index in [0.29, 0.717) is 6.42 Å². The molecule has 1 rings (SSSR count). The summed E-state index contributed by atoms with van der Waals surface area (Å²) in [6, 6.07) is 0. The Bertz CT molecular complexity index is 394. The molecule has 2 N–H and O–H groups in total. The lowest BCUT2D eigenvalue weighted by Gasteiger charge is -2.24. The van der Waals surface area contributed by atoms with Crippen molar-refractivity contribution in [3.63, 3.8) is 0 Å². The highest BCUT2D eigenvalue weighted by molar-refractivity contribution is 5.97. The number of hydrogen-bond acceptors (Lipinski definition) is 4. The molecule has 86 valence electrons. The van der Waals surface area contributed by atoms with E-state index in [1.807, 2.05) is 0 Å². The van der Waals surface area contributed by atoms with Gasteiger partial charge < -0.3 is 10.4 Å². The largest absolute Gasteiger partial charge is 0.480 e. The van der Waals surface area contributed by atoms with Crippen LogP contribution in [-0.4, -0.2) is 32.5 Å². The van der Waals surface area contributed by atoms with E-state index in [1.165, 1.54) is 25.6 Å². The van der Waals surface area contributed by atoms with E-state index in [4.69, 9.17) is 5.11 Å². The van der Waals surface area contributed by atoms with Crippen LogP contribution in [0.5, 0.6) is 0 Å². The van der Waals surface area contributed by atoms with Crippen LogP contribution >= 0.6 is 0 Å². The lowest BCUT2D eigenvalue weighted by molar-refractivity contribution is -0.143. The van der Waals surface area contributed by atoms with Crippen molar-refractivity contribution in [3.8, 4) is 0 Å². The minimum absolute atomic E-state index is 0.239. The minimum atomic E-state index is -1.27. The first-order valence-electron chi connectivity index (χ1n) is 4.80. The van der Waals surface area contributed by atoms with E-state index in [-0.39, 0.29) is 5.56 Å². The summed E-state index contributed by atoms with van der Waals surface area (Å²) in [5.74, 6) is -1.56. The number of carbonyl (C=O) groups is 2. The zero-order valence-electron chi connectivity index (χ0n) is 9.10. The Labute approximate surface area is 92.7 Å². The summed E-state index contributed by atoms with van der Waals surface area (Å²) >= 11 is 0. The fraction of sp³-hybridized carbons (Fsp3) is 0.400. The SMILES string of the molecule is CCC(C)(NC(=O)c1cncnc1)C(=O)O. The standard InChI is InChI=1S/C10H13N3O3/c1-3-10(2,9(15)16)13-8(14)7-4-11-6-12-5-7/h4-6H,3H2,1-2H3,(H,13,14)(H,15,16). The van der Waals surface area contributed by atoms with Crippen molar-refractivity contribution >= 4 is 11.9 Å². The van der Waals surface area contributed by atoms with Crippen LogP contribution in [0.2, 0.25) is 0 Å². The highest BCUT2D eigenvalue weighted by Gasteiger charge is 2.33. The van der Waals surface area contributed by atoms with E-state index in [9.17, 15) is 9.59 Å². The molecule has 0 aliphatic carbocycles. The number of nitrogens with zero attached hydrogens (tertiary/aromatic N) is 2. The Kier molecular flexibility index (Phi) is 3.55. The molecule has 1 heterocycles. The van der Waals surface area contributed by atoms with Crippen LogP contribution in [0.15, 0.2) is 18.7 Å². The first kappa shape index (κ1) is 12.1. The van der Waals surface area contributed by atoms with Gasteiger partial charge in [0.15, 0.2) is 0 Å². The van der Waals surface area contributed by atoms with Crippen LogP contribution in [0.4, 0.5) is 0 Å². The van der Waals surface area contributed by atoms with Crippen molar-refractivity contribution < 1.29 is 14.7 Å². The van der Waals surface area contributed by atoms with Gasteiger partial charge in [0.2, 0.25) is 0 Å². The first-order valence-corrected chi connectivity index (χ1v) is 4.80. The van der Waals surface area contributed by atoms with Crippen LogP contribution in [0.3, 0.4) is 0 Å². The van der Waals surface area contributed by atoms with Gasteiger partial charge >= 0.3 is 5.97 Å². The van der Waals surface area contributed by atoms with Crippen molar-refractivity contribution in [1.82, 2.24) is 15.3 Å². The summed E-state index contributed by atoms with van der Waals surface area (Å²) in [5, 5.41) is 11.4. The number of aromatic nitrogens is 2. The van der Waals surface area contributed by atoms with Crippen molar-refractivity contribution in [2.45, 2.75) is 25.8 Å². The number of aliphatic carboxylic acids is 1. The van der Waals surface area contributed by atoms with Gasteiger partial charge in [0.25, 0.3) is 5.91 Å². The van der Waals surface area contributed by atoms with Crippen LogP contribution in [0, 0.1) is 0 Å². The van der Waals surface area contributed by atoms with Gasteiger partial charge in [0.05, 0.1) is 5.56 Å². The highest BCUT2D eigenvalue weighted by Crippen LogP contribution is 2.10. The predicted molar refractivity (Wildman–Crippen MR) is 55.8 cm³/mol. The molecule has 0 aliphatic heterocycles. The fourth-order valence-corrected chi connectivity index (χ4v) is 1.03. The third-order valence-electron chi connectivity index (χ3n) is 2.39. The number of carbonyl (C=O) groups excluding carboxylic acids is 1. The molecule has 0 saturated heterocycles. The summed E-state index contributed by atoms with van der Waals surface area (Å²) < 4.78 is 0. The molecule has 0 saturated carbocycles. The Morgan fingerprint density at radius 3 is 2.44 bits per heavy atom. The number of rotatable bonds is 4. The molecule has 16 heavy (non-hydrogen) atoms. The number of carboxylic acids is 1. The molecular formula is C10H13N3O3. The molecule has 1 aromatic rings. The van der Waals surface area contributed by atoms with Crippen molar-refractivity contribution in [1.29, 1.82) is 0 Å². The van der Waals surface area contributed by atoms with Gasteiger partial charge in [-0.3, -0.25) is 4.79 Å². The maximum Gasteiger partial charge on any atom is 0.329 e. The summed E-state index contributed by atoms with van der Waals surface area (Å²) in [6.07, 6.45) is 4.26. The molecule has 0 aliphatic rings. The molecule has 6 nitrogen and oxygen atoms in total. The molecule has 0 spiro atoms. The van der Waals surface area contributed by atoms with Crippen LogP contribution in [-0.2, 0) is 4.79 Å². The average molecular weight is 223 g/mol. The second-order valence-electron chi connectivity index (χ2n) is 3.57. The smallest absolute Gasteiger partial charge is 0.329 e. The van der Waals surface area contributed by atoms with Gasteiger partial charge in [-0.05, 0) is 13.3 Å². The van der Waals surface area contributed by atoms with E-state index in [1.54, 1.807) is 6.92 Å². The molecule has 1 amide bonds. The maximum absolute atomic E-state index is 11.7. The van der Waals surface area contributed by atoms with E-state index >= 15 is 0 Å². The molecule has 0 bridgehead atoms. The van der Waals surface area contributed by atoms with Gasteiger partial charge in [0.1, 0.15) is 11.9 Å². The predicted octanol–water partition coefficient (Wildman–Crippen LogP) is 0.460. The topological polar surface area (TPSA) is 92.2 Å². The second-order valence-corrected chi connectivity index (χ2v) is 3.57. The zero-order chi connectivity index (χ0) is 12.2. The van der Waals surface area contributed by atoms with Crippen LogP contribution < -0.4 is 5.32 Å². The Morgan fingerprint density at radius 2 is 2.00 bits per heavy atom. The lowest BCUT2D eigenvalue weighted by atomic mass is 9.99. The molecule has 0 radical (unpaired) electrons. The molecular weight excluding hydrogens is 210 g/mol. The summed E-state index contributed by atoms with van der Waals surface area (Å²) in [5.41, 5.74) is -1.03. The molecule has 6 heteroatoms. The third-order valence-corrected chi connectivity index (χ3v) is 2.39. The summed E-state index contributed by atoms with van der Waals surface area (Å²) in [7, 11) is 0. The number of carboxylic acid groups (broad SMARTS) is 1. The molecule has 0 aromatic carbocycles. The Morgan fingerprint density at radius 1 is 1.44 bits per heavy atom. The Hall–Kier alpha value is -1.98. The normalized spacial score (nSPS) is 13.9. The molecule has 1 unspecified atom stereocenters. The Balaban J connectivity index is 2.82. The number of hydrogen-bond donors (Lipinski definition) is 2. The van der Waals surface area contributed by atoms with Crippen molar-refractivity contribution in [2.75, 3.05) is 0 Å². The minimum Gasteiger partial charge on any atom is -0.480 e. The quantitative estimate of drug-likeness (QED) is 0.773. The van der Waals surface area contributed by atoms with E-state index < -0.39 is 17.4 Å². The highest BCUT2D eigenvalue weighted by atomic mass is 16.4. The average Bonchev–Trinajstić information content (AvgIpc) is 2.29. The monoisotopic (exact) mass is 223 g/mol. The summed E-state index contributed by atoms with van der Waals surface area (Å²) in [6.45, 7) is 3.15. The van der Waals surface area contributed by atoms with E-state index in [2.05, 4.69) is 15.3 Å². The second kappa shape index (κ2) is 4.69. The van der Waals surface area contributed by atoms with Gasteiger partial charge in [-0.25, -0.2) is 14.8 Å². The van der Waals surface area contributed by atoms with E-state index in [0.717, 1.165) is 0 Å². The summed E-state index contributed by atoms with van der Waals surface area (Å²) in [4.78, 5) is 30.0. The van der Waals surface area contributed by atoms with Gasteiger partial charge in [-0.1, -0.05) is 6.92 Å². The maximum atomic E-state index is 11.7. The van der Waals surface area contributed by atoms with Gasteiger partial charge in [-0.15, -0.1) is 0 Å². The number of amides is 1. The van der Waals surface area contributed by atoms with Crippen molar-refractivity contribution in [2.24, 2.45) is 0 Å². The fourth-order valence-electron chi connectivity index (χ4n) is 1.03. The van der Waals surface area contributed by atoms with Crippen LogP contribution in [0.25, 0.3) is 0 Å². The number of nitrogens with one attached hydrogen (secondary N) is 1. The molecule has 1 atom stereocenters. The molecule has 0 fully saturated rings.